The van der Waals surface area contributed by atoms with Gasteiger partial charge in [0.1, 0.15) is 0 Å². The molecule has 0 fully saturated rings. The van der Waals surface area contributed by atoms with Crippen LogP contribution in [-0.2, 0) is 14.1 Å². The van der Waals surface area contributed by atoms with E-state index in [0.29, 0.717) is 0 Å². The summed E-state index contributed by atoms with van der Waals surface area (Å²) in [7, 11) is 0.122. The number of nitrogens with zero attached hydrogens (tertiary/aromatic N) is 4. The second kappa shape index (κ2) is 10.6. The first-order valence-corrected chi connectivity index (χ1v) is 13.8. The average molecular weight is 551 g/mol. The van der Waals surface area contributed by atoms with Crippen LogP contribution in [0, 0.1) is 10.2 Å². The quantitative estimate of drug-likeness (QED) is 0.293. The van der Waals surface area contributed by atoms with E-state index in [1.165, 1.54) is 33.5 Å². The molecule has 194 valence electrons. The van der Waals surface area contributed by atoms with Gasteiger partial charge in [-0.25, -0.2) is 9.13 Å². The Labute approximate surface area is 225 Å². The fourth-order valence-corrected chi connectivity index (χ4v) is 5.79. The number of rotatable bonds is 4. The van der Waals surface area contributed by atoms with Crippen molar-refractivity contribution < 1.29 is 38.0 Å². The first-order chi connectivity index (χ1) is 18.2. The van der Waals surface area contributed by atoms with E-state index < -0.39 is 10.2 Å². The van der Waals surface area contributed by atoms with Crippen molar-refractivity contribution in [1.29, 1.82) is 0 Å². The Morgan fingerprint density at radius 2 is 0.947 bits per heavy atom. The van der Waals surface area contributed by atoms with Crippen molar-refractivity contribution in [2.24, 2.45) is 14.1 Å². The molecule has 2 aromatic carbocycles. The topological polar surface area (TPSA) is 100 Å². The van der Waals surface area contributed by atoms with Crippen LogP contribution in [0.3, 0.4) is 0 Å². The molecule has 8 nitrogen and oxygen atoms in total. The number of halogens is 1. The van der Waals surface area contributed by atoms with E-state index in [-0.39, 0.29) is 0 Å². The third-order valence-electron chi connectivity index (χ3n) is 6.14. The summed E-state index contributed by atoms with van der Waals surface area (Å²) in [6, 6.07) is 34.0. The summed E-state index contributed by atoms with van der Waals surface area (Å²) < 4.78 is 39.4. The second-order valence-electron chi connectivity index (χ2n) is 8.56. The van der Waals surface area contributed by atoms with Gasteiger partial charge in [0.05, 0.1) is 38.3 Å². The molecule has 10 heteroatoms. The molecular weight excluding hydrogens is 524 g/mol. The first-order valence-electron chi connectivity index (χ1n) is 11.7. The van der Waals surface area contributed by atoms with Crippen LogP contribution in [0.25, 0.3) is 33.5 Å². The van der Waals surface area contributed by atoms with Crippen LogP contribution in [0.1, 0.15) is 0 Å². The van der Waals surface area contributed by atoms with Crippen LogP contribution in [0.15, 0.2) is 120 Å². The number of hydrogen-bond donors (Lipinski definition) is 3. The summed E-state index contributed by atoms with van der Waals surface area (Å²) in [5.41, 5.74) is 7.24. The average Bonchev–Trinajstić information content (AvgIpc) is 3.34. The third kappa shape index (κ3) is 5.16. The molecule has 6 rings (SSSR count). The third-order valence-corrected chi connectivity index (χ3v) is 7.45. The number of pyridine rings is 2. The molecule has 3 N–H and O–H groups in total. The fourth-order valence-electron chi connectivity index (χ4n) is 4.66. The SMILES string of the molecule is C[n+]1c(-c2ccccc2)c2ccccn2c1Sc1n2ccccc2c(-c2ccccc2)[n+]1C.[O-][Cl+](O)(O)O. The summed E-state index contributed by atoms with van der Waals surface area (Å²) in [5, 5.41) is 2.31. The summed E-state index contributed by atoms with van der Waals surface area (Å²) in [5.74, 6) is 0. The minimum atomic E-state index is -4.19. The minimum absolute atomic E-state index is 1.16. The molecule has 0 aliphatic rings. The van der Waals surface area contributed by atoms with Crippen LogP contribution in [-0.4, -0.2) is 22.8 Å². The molecule has 0 atom stereocenters. The van der Waals surface area contributed by atoms with Gasteiger partial charge in [0.15, 0.2) is 22.4 Å². The zero-order valence-electron chi connectivity index (χ0n) is 20.7. The van der Waals surface area contributed by atoms with Gasteiger partial charge in [-0.3, -0.25) is 0 Å². The predicted octanol–water partition coefficient (Wildman–Crippen LogP) is 2.47. The van der Waals surface area contributed by atoms with Gasteiger partial charge >= 0.3 is 39.2 Å². The molecular formula is C28H27ClN4O4S+2. The Balaban J connectivity index is 0.000000540. The van der Waals surface area contributed by atoms with Crippen LogP contribution < -0.4 is 13.8 Å². The summed E-state index contributed by atoms with van der Waals surface area (Å²) >= 11 is 1.78. The predicted molar refractivity (Wildman–Crippen MR) is 139 cm³/mol. The zero-order chi connectivity index (χ0) is 26.9. The number of imidazole rings is 2. The van der Waals surface area contributed by atoms with Gasteiger partial charge in [-0.1, -0.05) is 72.8 Å². The van der Waals surface area contributed by atoms with E-state index in [1.54, 1.807) is 11.8 Å². The summed E-state index contributed by atoms with van der Waals surface area (Å²) in [6.07, 6.45) is 4.30. The number of hydrogen-bond acceptors (Lipinski definition) is 5. The maximum absolute atomic E-state index is 8.83. The van der Waals surface area contributed by atoms with Crippen LogP contribution in [0.4, 0.5) is 0 Å². The number of aromatic nitrogens is 4. The van der Waals surface area contributed by atoms with Crippen molar-refractivity contribution in [2.45, 2.75) is 10.3 Å². The van der Waals surface area contributed by atoms with Crippen LogP contribution in [0.2, 0.25) is 0 Å². The Morgan fingerprint density at radius 1 is 0.605 bits per heavy atom. The molecule has 0 spiro atoms. The maximum atomic E-state index is 8.83. The molecule has 0 bridgehead atoms. The van der Waals surface area contributed by atoms with Crippen molar-refractivity contribution in [3.8, 4) is 22.5 Å². The molecule has 4 heterocycles. The van der Waals surface area contributed by atoms with E-state index in [2.05, 4.69) is 141 Å². The molecule has 4 aromatic heterocycles. The van der Waals surface area contributed by atoms with Crippen molar-refractivity contribution in [3.05, 3.63) is 109 Å². The molecule has 0 aliphatic carbocycles. The van der Waals surface area contributed by atoms with Crippen molar-refractivity contribution in [1.82, 2.24) is 8.80 Å². The van der Waals surface area contributed by atoms with Crippen molar-refractivity contribution in [2.75, 3.05) is 0 Å². The van der Waals surface area contributed by atoms with Gasteiger partial charge in [-0.05, 0) is 24.3 Å². The van der Waals surface area contributed by atoms with Gasteiger partial charge in [-0.15, -0.1) is 0 Å². The zero-order valence-corrected chi connectivity index (χ0v) is 22.3. The Morgan fingerprint density at radius 3 is 1.32 bits per heavy atom. The molecule has 0 amide bonds. The summed E-state index contributed by atoms with van der Waals surface area (Å²) in [4.78, 5) is 0. The normalized spacial score (nSPS) is 11.9. The first kappa shape index (κ1) is 25.9. The molecule has 6 aromatic rings. The van der Waals surface area contributed by atoms with E-state index in [1.807, 2.05) is 0 Å². The standard InChI is InChI=1S/C28H24N4S.ClH3O4/c1-29-25(21-13-5-3-6-14-21)23-17-9-11-19-31(23)27(29)33-28-30(2)26(22-15-7-4-8-16-22)24-18-10-12-20-32(24)28;2-1(3,4)5/h3-20H,1-2H3;2-4H/q+2;. The van der Waals surface area contributed by atoms with Gasteiger partial charge in [0.25, 0.3) is 0 Å². The summed E-state index contributed by atoms with van der Waals surface area (Å²) in [6.45, 7) is 0. The molecule has 0 radical (unpaired) electrons. The molecule has 0 aliphatic heterocycles. The van der Waals surface area contributed by atoms with E-state index >= 15 is 0 Å². The van der Waals surface area contributed by atoms with E-state index in [9.17, 15) is 0 Å². The van der Waals surface area contributed by atoms with Gasteiger partial charge in [0, 0.05) is 11.1 Å². The fraction of sp³-hybridized carbons (Fsp3) is 0.0714. The molecule has 0 unspecified atom stereocenters. The van der Waals surface area contributed by atoms with Crippen molar-refractivity contribution in [3.63, 3.8) is 0 Å². The molecule has 0 saturated heterocycles. The second-order valence-corrected chi connectivity index (χ2v) is 10.4. The Hall–Kier alpha value is -3.70. The van der Waals surface area contributed by atoms with Gasteiger partial charge in [0.2, 0.25) is 0 Å². The number of benzene rings is 2. The Kier molecular flexibility index (Phi) is 7.22. The van der Waals surface area contributed by atoms with Crippen molar-refractivity contribution >= 4 is 22.8 Å². The van der Waals surface area contributed by atoms with Gasteiger partial charge in [-0.2, -0.15) is 8.80 Å². The van der Waals surface area contributed by atoms with Gasteiger partial charge < -0.3 is 0 Å². The number of fused-ring (bicyclic) bond motifs is 2. The van der Waals surface area contributed by atoms with E-state index in [4.69, 9.17) is 18.6 Å². The van der Waals surface area contributed by atoms with Crippen LogP contribution >= 0.6 is 11.8 Å². The Bertz CT molecular complexity index is 1590. The van der Waals surface area contributed by atoms with Crippen LogP contribution in [0.5, 0.6) is 0 Å². The molecule has 0 saturated carbocycles. The monoisotopic (exact) mass is 550 g/mol. The molecule has 38 heavy (non-hydrogen) atoms. The van der Waals surface area contributed by atoms with E-state index in [0.717, 1.165) is 10.3 Å².